The van der Waals surface area contributed by atoms with Crippen molar-refractivity contribution in [1.82, 2.24) is 19.9 Å². The second-order valence-electron chi connectivity index (χ2n) is 13.3. The number of fused-ring (bicyclic) bond motifs is 11. The lowest BCUT2D eigenvalue weighted by Crippen LogP contribution is -2.34. The van der Waals surface area contributed by atoms with Crippen molar-refractivity contribution in [3.05, 3.63) is 99.7 Å². The fourth-order valence-electron chi connectivity index (χ4n) is 7.46. The van der Waals surface area contributed by atoms with Crippen LogP contribution in [0.3, 0.4) is 0 Å². The maximum Gasteiger partial charge on any atom is 0.334 e. The van der Waals surface area contributed by atoms with Gasteiger partial charge in [-0.1, -0.05) is 31.7 Å². The van der Waals surface area contributed by atoms with Gasteiger partial charge in [-0.3, -0.25) is 14.6 Å². The molecule has 1 aliphatic carbocycles. The lowest BCUT2D eigenvalue weighted by Gasteiger charge is -2.36. The summed E-state index contributed by atoms with van der Waals surface area (Å²) in [7, 11) is 2.76. The van der Waals surface area contributed by atoms with Crippen molar-refractivity contribution >= 4 is 56.7 Å². The third-order valence-corrected chi connectivity index (χ3v) is 10.7. The van der Waals surface area contributed by atoms with Crippen LogP contribution < -0.4 is 0 Å². The molecule has 0 amide bonds. The van der Waals surface area contributed by atoms with Crippen molar-refractivity contribution in [1.29, 1.82) is 0 Å². The van der Waals surface area contributed by atoms with E-state index in [-0.39, 0.29) is 30.7 Å². The number of allylic oxidation sites excluding steroid dienone is 6. The van der Waals surface area contributed by atoms with Crippen LogP contribution in [0.25, 0.3) is 38.8 Å². The van der Waals surface area contributed by atoms with Crippen LogP contribution in [-0.4, -0.2) is 57.2 Å². The monoisotopic (exact) mass is 674 g/mol. The van der Waals surface area contributed by atoms with Crippen molar-refractivity contribution in [2.45, 2.75) is 65.7 Å². The molecule has 0 spiro atoms. The predicted molar refractivity (Wildman–Crippen MR) is 194 cm³/mol. The fourth-order valence-corrected chi connectivity index (χ4v) is 7.46. The molecule has 3 aliphatic rings. The summed E-state index contributed by atoms with van der Waals surface area (Å²) in [6, 6.07) is 7.99. The number of aromatic amines is 2. The number of carboxylic acids is 1. The fraction of sp³-hybridized carbons (Fsp3) is 0.325. The molecular weight excluding hydrogens is 632 g/mol. The molecule has 2 atom stereocenters. The van der Waals surface area contributed by atoms with Gasteiger partial charge in [0.2, 0.25) is 0 Å². The quantitative estimate of drug-likeness (QED) is 0.212. The van der Waals surface area contributed by atoms with Crippen LogP contribution in [0.5, 0.6) is 0 Å². The van der Waals surface area contributed by atoms with E-state index in [1.165, 1.54) is 14.2 Å². The molecular formula is C40H42N4O6. The molecule has 2 aliphatic heterocycles. The number of nitrogens with zero attached hydrogens (tertiary/aromatic N) is 2. The summed E-state index contributed by atoms with van der Waals surface area (Å²) in [4.78, 5) is 54.4. The minimum atomic E-state index is -0.892. The number of aromatic nitrogens is 4. The Bertz CT molecular complexity index is 2250. The molecule has 10 nitrogen and oxygen atoms in total. The van der Waals surface area contributed by atoms with Gasteiger partial charge in [0.15, 0.2) is 0 Å². The van der Waals surface area contributed by atoms with E-state index in [2.05, 4.69) is 23.5 Å². The van der Waals surface area contributed by atoms with Crippen LogP contribution in [0.1, 0.15) is 78.6 Å². The molecule has 0 fully saturated rings. The Morgan fingerprint density at radius 3 is 2.10 bits per heavy atom. The summed E-state index contributed by atoms with van der Waals surface area (Å²) in [6.45, 7) is 14.2. The highest BCUT2D eigenvalue weighted by atomic mass is 16.5. The largest absolute Gasteiger partial charge is 0.481 e. The van der Waals surface area contributed by atoms with Gasteiger partial charge < -0.3 is 24.5 Å². The molecule has 3 N–H and O–H groups in total. The molecule has 5 heterocycles. The molecule has 3 aromatic rings. The number of carbonyl (C=O) groups excluding carboxylic acids is 2. The Hall–Kier alpha value is -5.51. The second-order valence-corrected chi connectivity index (χ2v) is 13.3. The average molecular weight is 675 g/mol. The maximum absolute atomic E-state index is 12.9. The first-order valence-corrected chi connectivity index (χ1v) is 16.7. The summed E-state index contributed by atoms with van der Waals surface area (Å²) >= 11 is 0. The second kappa shape index (κ2) is 13.1. The van der Waals surface area contributed by atoms with E-state index in [9.17, 15) is 19.5 Å². The summed E-state index contributed by atoms with van der Waals surface area (Å²) in [5.74, 6) is -1.86. The van der Waals surface area contributed by atoms with Gasteiger partial charge >= 0.3 is 17.9 Å². The number of rotatable bonds is 8. The number of aryl methyl sites for hydroxylation is 4. The Morgan fingerprint density at radius 2 is 1.50 bits per heavy atom. The highest BCUT2D eigenvalue weighted by Gasteiger charge is 2.47. The van der Waals surface area contributed by atoms with Crippen LogP contribution >= 0.6 is 0 Å². The van der Waals surface area contributed by atoms with E-state index >= 15 is 0 Å². The summed E-state index contributed by atoms with van der Waals surface area (Å²) < 4.78 is 10.1. The molecule has 0 saturated carbocycles. The van der Waals surface area contributed by atoms with Crippen molar-refractivity contribution in [3.8, 4) is 0 Å². The predicted octanol–water partition coefficient (Wildman–Crippen LogP) is 7.26. The van der Waals surface area contributed by atoms with E-state index in [0.717, 1.165) is 83.8 Å². The van der Waals surface area contributed by atoms with E-state index in [1.807, 2.05) is 64.1 Å². The standard InChI is InChI=1S/C40H42N4O6/c1-9-24-20(2)30-17-35-28-13-10-27(39(48)50-8)23(5)40(28,6)36(44-35)19-31-22(4)25(11-14-37(45)46)33(43-31)18-34-26(12-15-38(47)49-7)21(3)29(42-34)16-32(24)41-30/h9-10,13,16-19,23,42-43H,1,11-12,14-15H2,2-8H3,(H,45,46)/t23?,40-/m1/s1. The molecule has 10 heteroatoms. The lowest BCUT2D eigenvalue weighted by molar-refractivity contribution is -0.140. The smallest absolute Gasteiger partial charge is 0.334 e. The van der Waals surface area contributed by atoms with Crippen LogP contribution in [-0.2, 0) is 42.1 Å². The number of ether oxygens (including phenoxy) is 2. The minimum Gasteiger partial charge on any atom is -0.481 e. The van der Waals surface area contributed by atoms with Crippen molar-refractivity contribution in [2.75, 3.05) is 14.2 Å². The molecule has 0 radical (unpaired) electrons. The van der Waals surface area contributed by atoms with Gasteiger partial charge in [-0.05, 0) is 98.2 Å². The zero-order valence-corrected chi connectivity index (χ0v) is 29.5. The third-order valence-electron chi connectivity index (χ3n) is 10.7. The number of hydrogen-bond acceptors (Lipinski definition) is 7. The molecule has 6 rings (SSSR count). The number of nitrogens with one attached hydrogen (secondary N) is 2. The van der Waals surface area contributed by atoms with Gasteiger partial charge in [-0.15, -0.1) is 0 Å². The van der Waals surface area contributed by atoms with Gasteiger partial charge in [0, 0.05) is 57.4 Å². The zero-order valence-electron chi connectivity index (χ0n) is 29.5. The van der Waals surface area contributed by atoms with Crippen molar-refractivity contribution in [3.63, 3.8) is 0 Å². The van der Waals surface area contributed by atoms with Crippen LogP contribution in [0.15, 0.2) is 54.6 Å². The first-order valence-electron chi connectivity index (χ1n) is 16.7. The molecule has 3 aromatic heterocycles. The number of methoxy groups -OCH3 is 2. The first-order chi connectivity index (χ1) is 23.8. The maximum atomic E-state index is 12.9. The van der Waals surface area contributed by atoms with Crippen LogP contribution in [0, 0.1) is 19.8 Å². The Kier molecular flexibility index (Phi) is 8.98. The van der Waals surface area contributed by atoms with Gasteiger partial charge in [0.25, 0.3) is 0 Å². The number of esters is 2. The minimum absolute atomic E-state index is 0.0475. The highest BCUT2D eigenvalue weighted by molar-refractivity contribution is 5.98. The summed E-state index contributed by atoms with van der Waals surface area (Å²) in [6.07, 6.45) is 6.48. The molecule has 1 unspecified atom stereocenters. The van der Waals surface area contributed by atoms with Gasteiger partial charge in [-0.2, -0.15) is 0 Å². The molecule has 258 valence electrons. The van der Waals surface area contributed by atoms with Crippen molar-refractivity contribution in [2.24, 2.45) is 5.92 Å². The number of aliphatic carboxylic acids is 1. The normalized spacial score (nSPS) is 18.3. The Labute approximate surface area is 290 Å². The van der Waals surface area contributed by atoms with Crippen LogP contribution in [0.4, 0.5) is 0 Å². The highest BCUT2D eigenvalue weighted by Crippen LogP contribution is 2.52. The van der Waals surface area contributed by atoms with Gasteiger partial charge in [0.1, 0.15) is 0 Å². The van der Waals surface area contributed by atoms with E-state index in [4.69, 9.17) is 19.4 Å². The number of carbonyl (C=O) groups is 3. The van der Waals surface area contributed by atoms with E-state index in [0.29, 0.717) is 18.4 Å². The zero-order chi connectivity index (χ0) is 36.1. The van der Waals surface area contributed by atoms with Gasteiger partial charge in [0.05, 0.1) is 37.0 Å². The topological polar surface area (TPSA) is 147 Å². The average Bonchev–Trinajstić information content (AvgIpc) is 3.74. The number of H-pyrrole nitrogens is 2. The van der Waals surface area contributed by atoms with Crippen LogP contribution in [0.2, 0.25) is 0 Å². The van der Waals surface area contributed by atoms with E-state index < -0.39 is 11.4 Å². The summed E-state index contributed by atoms with van der Waals surface area (Å²) in [5, 5.41) is 9.65. The summed E-state index contributed by atoms with van der Waals surface area (Å²) in [5.41, 5.74) is 12.5. The van der Waals surface area contributed by atoms with Crippen molar-refractivity contribution < 1.29 is 29.0 Å². The van der Waals surface area contributed by atoms with Gasteiger partial charge in [-0.25, -0.2) is 9.78 Å². The molecule has 0 aromatic carbocycles. The molecule has 0 saturated heterocycles. The Balaban J connectivity index is 1.75. The lowest BCUT2D eigenvalue weighted by atomic mass is 9.65. The SMILES string of the molecule is C=CC1=C(C)c2cc3nc(cc4[nH]c(cc5[nH]c(cc1n2)c(C)c5CCC(=O)OC)c(CCC(=O)O)c4C)[C@@]1(C)C3=CC=C(C(=O)OC)C1C. The molecule has 8 bridgehead atoms. The Morgan fingerprint density at radius 1 is 0.860 bits per heavy atom. The third kappa shape index (κ3) is 5.68. The van der Waals surface area contributed by atoms with E-state index in [1.54, 1.807) is 6.08 Å². The number of hydrogen-bond donors (Lipinski definition) is 3. The first kappa shape index (κ1) is 34.4. The molecule has 50 heavy (non-hydrogen) atoms. The number of carboxylic acid groups (broad SMARTS) is 1.